The molecule has 16 nitrogen and oxygen atoms in total. The van der Waals surface area contributed by atoms with Crippen LogP contribution in [0.3, 0.4) is 0 Å². The number of aliphatic hydroxyl groups excluding tert-OH is 1. The number of benzene rings is 2. The SMILES string of the molecule is CC(=O)OC[C@H]1C[C@@H](OCC(=O)[C@@]23O[C@@H](c4c(C)ccc(OCc5cccc(N)c5)c4F)O[C@@H]2C[C@H]2[C@@H]4CCC5=CC(=O)C=C[C@]5(C)[C@H]4[C@@H](O)C[C@@]23C)[C@H](OC(C)=O)[C@@H](OC(C)=O)[C@H]1OC(C)=O. The second-order valence-electron chi connectivity index (χ2n) is 19.7. The Labute approximate surface area is 393 Å². The standard InChI is InChI=1S/C51H60FNO15/c1-25-11-14-38(62-22-30-9-8-10-33(53)17-30)44(52)42(25)48-67-41-20-36-35-13-12-32-19-34(58)15-16-49(32,6)43(35)37(59)21-50(36,7)51(41,68-48)40(60)24-63-39-18-31(23-61-26(2)54)45(64-27(3)55)47(66-29(5)57)46(39)65-28(4)56/h8-11,14-17,19,31,35-37,39,41,43,45-48,59H,12-13,18,20-24,53H2,1-7H3/t31-,35+,36+,37+,39-,41-,43-,45+,46+,47+,48+,49+,50+,51-/m1/s1. The van der Waals surface area contributed by atoms with Crippen LogP contribution in [0, 0.1) is 47.2 Å². The van der Waals surface area contributed by atoms with Crippen LogP contribution in [0.25, 0.3) is 0 Å². The van der Waals surface area contributed by atoms with E-state index in [4.69, 9.17) is 43.6 Å². The number of nitrogens with two attached hydrogens (primary N) is 1. The minimum Gasteiger partial charge on any atom is -0.486 e. The predicted molar refractivity (Wildman–Crippen MR) is 237 cm³/mol. The Morgan fingerprint density at radius 2 is 1.63 bits per heavy atom. The highest BCUT2D eigenvalue weighted by molar-refractivity contribution is 6.01. The number of nitrogen functional groups attached to an aromatic ring is 1. The molecule has 5 fully saturated rings. The molecule has 0 spiro atoms. The third-order valence-electron chi connectivity index (χ3n) is 15.4. The van der Waals surface area contributed by atoms with Crippen molar-refractivity contribution in [1.29, 1.82) is 0 Å². The lowest BCUT2D eigenvalue weighted by Crippen LogP contribution is -2.64. The molecule has 8 rings (SSSR count). The monoisotopic (exact) mass is 945 g/mol. The summed E-state index contributed by atoms with van der Waals surface area (Å²) in [6.45, 7) is 9.26. The maximum Gasteiger partial charge on any atom is 0.303 e. The Bertz CT molecular complexity index is 2440. The van der Waals surface area contributed by atoms with E-state index >= 15 is 9.18 Å². The van der Waals surface area contributed by atoms with E-state index in [1.807, 2.05) is 19.9 Å². The molecule has 14 atom stereocenters. The summed E-state index contributed by atoms with van der Waals surface area (Å²) in [5, 5.41) is 12.4. The number of hydrogen-bond donors (Lipinski definition) is 2. The van der Waals surface area contributed by atoms with Gasteiger partial charge in [0.2, 0.25) is 0 Å². The summed E-state index contributed by atoms with van der Waals surface area (Å²) < 4.78 is 65.4. The van der Waals surface area contributed by atoms with Crippen molar-refractivity contribution < 1.29 is 76.2 Å². The van der Waals surface area contributed by atoms with E-state index in [1.165, 1.54) is 13.0 Å². The average Bonchev–Trinajstić information content (AvgIpc) is 3.75. The van der Waals surface area contributed by atoms with Crippen LogP contribution in [0.4, 0.5) is 10.1 Å². The van der Waals surface area contributed by atoms with Crippen molar-refractivity contribution >= 4 is 41.1 Å². The highest BCUT2D eigenvalue weighted by Gasteiger charge is 2.76. The number of ether oxygens (including phenoxy) is 8. The molecule has 17 heteroatoms. The quantitative estimate of drug-likeness (QED) is 0.140. The fourth-order valence-corrected chi connectivity index (χ4v) is 12.7. The van der Waals surface area contributed by atoms with Gasteiger partial charge in [0.15, 0.2) is 47.2 Å². The molecule has 4 saturated carbocycles. The van der Waals surface area contributed by atoms with Crippen molar-refractivity contribution in [3.63, 3.8) is 0 Å². The lowest BCUT2D eigenvalue weighted by atomic mass is 9.46. The van der Waals surface area contributed by atoms with Crippen LogP contribution >= 0.6 is 0 Å². The summed E-state index contributed by atoms with van der Waals surface area (Å²) in [4.78, 5) is 77.8. The van der Waals surface area contributed by atoms with Gasteiger partial charge in [-0.25, -0.2) is 4.39 Å². The molecule has 2 aromatic carbocycles. The van der Waals surface area contributed by atoms with E-state index in [-0.39, 0.29) is 60.9 Å². The van der Waals surface area contributed by atoms with Gasteiger partial charge in [-0.05, 0) is 92.3 Å². The molecule has 0 bridgehead atoms. The first-order chi connectivity index (χ1) is 32.2. The highest BCUT2D eigenvalue weighted by atomic mass is 19.1. The minimum atomic E-state index is -1.85. The smallest absolute Gasteiger partial charge is 0.303 e. The number of ketones is 2. The van der Waals surface area contributed by atoms with Crippen LogP contribution < -0.4 is 10.5 Å². The second-order valence-corrected chi connectivity index (χ2v) is 19.7. The molecule has 0 aromatic heterocycles. The van der Waals surface area contributed by atoms with Gasteiger partial charge in [0, 0.05) is 56.0 Å². The Hall–Kier alpha value is -5.49. The van der Waals surface area contributed by atoms with Crippen LogP contribution in [0.15, 0.2) is 60.2 Å². The summed E-state index contributed by atoms with van der Waals surface area (Å²) in [5.41, 5.74) is 5.05. The first-order valence-electron chi connectivity index (χ1n) is 23.2. The summed E-state index contributed by atoms with van der Waals surface area (Å²) >= 11 is 0. The van der Waals surface area contributed by atoms with Gasteiger partial charge in [-0.15, -0.1) is 0 Å². The molecule has 1 heterocycles. The van der Waals surface area contributed by atoms with Gasteiger partial charge in [-0.1, -0.05) is 43.7 Å². The van der Waals surface area contributed by atoms with Crippen LogP contribution in [0.1, 0.15) is 96.6 Å². The molecule has 0 amide bonds. The summed E-state index contributed by atoms with van der Waals surface area (Å²) in [7, 11) is 0. The Kier molecular flexibility index (Phi) is 13.5. The third-order valence-corrected chi connectivity index (χ3v) is 15.4. The van der Waals surface area contributed by atoms with Crippen LogP contribution in [-0.2, 0) is 68.5 Å². The molecule has 0 unspecified atom stereocenters. The van der Waals surface area contributed by atoms with Gasteiger partial charge in [0.05, 0.1) is 30.5 Å². The van der Waals surface area contributed by atoms with Gasteiger partial charge in [-0.3, -0.25) is 28.8 Å². The average molecular weight is 946 g/mol. The van der Waals surface area contributed by atoms with Gasteiger partial charge < -0.3 is 48.7 Å². The van der Waals surface area contributed by atoms with E-state index in [0.29, 0.717) is 36.1 Å². The molecule has 2 aromatic rings. The Balaban J connectivity index is 1.16. The molecular weight excluding hydrogens is 886 g/mol. The molecular formula is C51H60FNO15. The maximum absolute atomic E-state index is 16.9. The van der Waals surface area contributed by atoms with Gasteiger partial charge in [0.25, 0.3) is 0 Å². The molecule has 3 N–H and O–H groups in total. The van der Waals surface area contributed by atoms with Crippen LogP contribution in [0.5, 0.6) is 5.75 Å². The maximum atomic E-state index is 16.9. The number of Topliss-reactive ketones (excluding diaryl/α,β-unsaturated/α-hetero) is 1. The van der Waals surface area contributed by atoms with Crippen LogP contribution in [-0.4, -0.2) is 96.0 Å². The number of hydrogen-bond acceptors (Lipinski definition) is 16. The summed E-state index contributed by atoms with van der Waals surface area (Å²) in [5.74, 6) is -6.05. The molecule has 5 aliphatic carbocycles. The summed E-state index contributed by atoms with van der Waals surface area (Å²) in [6, 6.07) is 10.2. The normalized spacial score (nSPS) is 35.7. The molecule has 1 saturated heterocycles. The van der Waals surface area contributed by atoms with Gasteiger partial charge >= 0.3 is 23.9 Å². The molecule has 1 aliphatic heterocycles. The van der Waals surface area contributed by atoms with Crippen molar-refractivity contribution in [2.75, 3.05) is 18.9 Å². The fraction of sp³-hybridized carbons (Fsp3) is 0.569. The number of aryl methyl sites for hydroxylation is 1. The number of anilines is 1. The number of aliphatic hydroxyl groups is 1. The van der Waals surface area contributed by atoms with Gasteiger partial charge in [0.1, 0.15) is 19.3 Å². The van der Waals surface area contributed by atoms with E-state index in [2.05, 4.69) is 0 Å². The summed E-state index contributed by atoms with van der Waals surface area (Å²) in [6.07, 6.45) is -2.02. The lowest BCUT2D eigenvalue weighted by molar-refractivity contribution is -0.224. The third kappa shape index (κ3) is 8.75. The minimum absolute atomic E-state index is 0.00969. The van der Waals surface area contributed by atoms with Crippen molar-refractivity contribution in [2.45, 2.75) is 136 Å². The number of allylic oxidation sites excluding steroid dienone is 4. The highest BCUT2D eigenvalue weighted by Crippen LogP contribution is 2.70. The number of fused-ring (bicyclic) bond motifs is 7. The van der Waals surface area contributed by atoms with Crippen molar-refractivity contribution in [1.82, 2.24) is 0 Å². The number of carbonyl (C=O) groups excluding carboxylic acids is 6. The molecule has 6 aliphatic rings. The van der Waals surface area contributed by atoms with E-state index < -0.39 is 107 Å². The fourth-order valence-electron chi connectivity index (χ4n) is 12.7. The zero-order chi connectivity index (χ0) is 49.0. The first-order valence-corrected chi connectivity index (χ1v) is 23.2. The molecule has 68 heavy (non-hydrogen) atoms. The lowest BCUT2D eigenvalue weighted by Gasteiger charge is -2.59. The van der Waals surface area contributed by atoms with Gasteiger partial charge in [-0.2, -0.15) is 0 Å². The number of halogens is 1. The zero-order valence-corrected chi connectivity index (χ0v) is 39.3. The molecule has 366 valence electrons. The Morgan fingerprint density at radius 1 is 0.926 bits per heavy atom. The van der Waals surface area contributed by atoms with Crippen molar-refractivity contribution in [3.8, 4) is 5.75 Å². The predicted octanol–water partition coefficient (Wildman–Crippen LogP) is 5.67. The van der Waals surface area contributed by atoms with E-state index in [9.17, 15) is 29.1 Å². The zero-order valence-electron chi connectivity index (χ0n) is 39.3. The number of rotatable bonds is 13. The topological polar surface area (TPSA) is 223 Å². The van der Waals surface area contributed by atoms with Crippen LogP contribution in [0.2, 0.25) is 0 Å². The van der Waals surface area contributed by atoms with Crippen molar-refractivity contribution in [2.24, 2.45) is 34.5 Å². The largest absolute Gasteiger partial charge is 0.486 e. The Morgan fingerprint density at radius 3 is 2.32 bits per heavy atom. The first kappa shape index (κ1) is 48.9. The number of carbonyl (C=O) groups is 6. The van der Waals surface area contributed by atoms with E-state index in [0.717, 1.165) is 26.3 Å². The second kappa shape index (κ2) is 18.8. The molecule has 0 radical (unpaired) electrons. The van der Waals surface area contributed by atoms with E-state index in [1.54, 1.807) is 49.4 Å². The van der Waals surface area contributed by atoms with Crippen molar-refractivity contribution in [3.05, 3.63) is 82.7 Å². The number of esters is 4.